The molecule has 0 aliphatic rings. The van der Waals surface area contributed by atoms with Crippen molar-refractivity contribution in [2.45, 2.75) is 287 Å². The predicted octanol–water partition coefficient (Wildman–Crippen LogP) is 20.7. The van der Waals surface area contributed by atoms with Gasteiger partial charge in [0.15, 0.2) is 0 Å². The van der Waals surface area contributed by atoms with Gasteiger partial charge in [-0.3, -0.25) is 0 Å². The van der Waals surface area contributed by atoms with Gasteiger partial charge in [0.2, 0.25) is 0 Å². The van der Waals surface area contributed by atoms with Gasteiger partial charge >= 0.3 is 0 Å². The van der Waals surface area contributed by atoms with Crippen molar-refractivity contribution < 1.29 is 0 Å². The van der Waals surface area contributed by atoms with Crippen LogP contribution in [0.15, 0.2) is 48.5 Å². The van der Waals surface area contributed by atoms with Gasteiger partial charge < -0.3 is 0 Å². The van der Waals surface area contributed by atoms with E-state index in [1.165, 1.54) is 262 Å². The van der Waals surface area contributed by atoms with Crippen molar-refractivity contribution in [3.05, 3.63) is 70.8 Å². The Labute approximate surface area is 423 Å². The molecule has 4 heteroatoms. The smallest absolute Gasteiger partial charge is 0.0138 e. The minimum Gasteiger partial charge on any atom is -0.179 e. The van der Waals surface area contributed by atoms with Crippen molar-refractivity contribution in [1.29, 1.82) is 0 Å². The molecule has 0 spiro atoms. The SMILES string of the molecule is CCCCCCCCCc1ccc(C(CCCS)C(CCCCCCCCCCCCS)(c2ccc(CCCCCCCCC)cc2)C(S)CCCCCCCCCCCCS)cc1. The summed E-state index contributed by atoms with van der Waals surface area (Å²) in [6.07, 6.45) is 53.6. The van der Waals surface area contributed by atoms with E-state index in [0.717, 1.165) is 23.7 Å². The maximum Gasteiger partial charge on any atom is 0.0138 e. The monoisotopic (exact) mass is 955 g/mol. The first-order valence-electron chi connectivity index (χ1n) is 28.3. The molecule has 3 unspecified atom stereocenters. The quantitative estimate of drug-likeness (QED) is 0.0369. The van der Waals surface area contributed by atoms with Crippen molar-refractivity contribution in [3.8, 4) is 0 Å². The molecule has 2 aromatic rings. The molecule has 0 amide bonds. The van der Waals surface area contributed by atoms with Crippen LogP contribution in [-0.4, -0.2) is 22.5 Å². The lowest BCUT2D eigenvalue weighted by molar-refractivity contribution is 0.271. The van der Waals surface area contributed by atoms with Gasteiger partial charge in [-0.1, -0.05) is 255 Å². The molecule has 2 rings (SSSR count). The molecular formula is C60H106S4. The average molecular weight is 956 g/mol. The molecule has 0 radical (unpaired) electrons. The van der Waals surface area contributed by atoms with E-state index in [0.29, 0.717) is 11.2 Å². The second kappa shape index (κ2) is 42.9. The number of rotatable bonds is 47. The average Bonchev–Trinajstić information content (AvgIpc) is 3.31. The number of hydrogen-bond acceptors (Lipinski definition) is 4. The normalized spacial score (nSPS) is 13.7. The largest absolute Gasteiger partial charge is 0.179 e. The molecule has 0 aliphatic heterocycles. The van der Waals surface area contributed by atoms with E-state index in [-0.39, 0.29) is 5.41 Å². The third kappa shape index (κ3) is 27.7. The van der Waals surface area contributed by atoms with E-state index in [1.54, 1.807) is 11.1 Å². The van der Waals surface area contributed by atoms with Crippen molar-refractivity contribution in [2.75, 3.05) is 17.3 Å². The Kier molecular flexibility index (Phi) is 40.2. The molecule has 0 N–H and O–H groups in total. The number of hydrogen-bond donors (Lipinski definition) is 4. The Balaban J connectivity index is 2.35. The van der Waals surface area contributed by atoms with Crippen LogP contribution in [0.5, 0.6) is 0 Å². The lowest BCUT2D eigenvalue weighted by atomic mass is 9.60. The molecule has 370 valence electrons. The number of unbranched alkanes of at least 4 members (excludes halogenated alkanes) is 30. The highest BCUT2D eigenvalue weighted by atomic mass is 32.1. The molecule has 3 atom stereocenters. The van der Waals surface area contributed by atoms with Crippen LogP contribution in [0.4, 0.5) is 0 Å². The first kappa shape index (κ1) is 60.0. The van der Waals surface area contributed by atoms with Gasteiger partial charge in [-0.25, -0.2) is 0 Å². The second-order valence-corrected chi connectivity index (χ2v) is 22.2. The van der Waals surface area contributed by atoms with E-state index in [1.807, 2.05) is 0 Å². The zero-order valence-corrected chi connectivity index (χ0v) is 46.0. The summed E-state index contributed by atoms with van der Waals surface area (Å²) in [6, 6.07) is 20.3. The molecule has 0 saturated heterocycles. The summed E-state index contributed by atoms with van der Waals surface area (Å²) in [5.41, 5.74) is 6.14. The van der Waals surface area contributed by atoms with Gasteiger partial charge in [-0.2, -0.15) is 50.5 Å². The van der Waals surface area contributed by atoms with E-state index >= 15 is 0 Å². The van der Waals surface area contributed by atoms with Gasteiger partial charge in [-0.05, 0) is 110 Å². The summed E-state index contributed by atoms with van der Waals surface area (Å²) in [6.45, 7) is 4.63. The Morgan fingerprint density at radius 2 is 0.703 bits per heavy atom. The van der Waals surface area contributed by atoms with Crippen molar-refractivity contribution in [3.63, 3.8) is 0 Å². The Morgan fingerprint density at radius 1 is 0.359 bits per heavy atom. The van der Waals surface area contributed by atoms with Gasteiger partial charge in [0.1, 0.15) is 0 Å². The maximum absolute atomic E-state index is 5.85. The van der Waals surface area contributed by atoms with Gasteiger partial charge in [-0.15, -0.1) is 0 Å². The molecule has 64 heavy (non-hydrogen) atoms. The zero-order chi connectivity index (χ0) is 46.0. The second-order valence-electron chi connectivity index (χ2n) is 20.2. The van der Waals surface area contributed by atoms with Crippen LogP contribution in [0.25, 0.3) is 0 Å². The van der Waals surface area contributed by atoms with Gasteiger partial charge in [0.25, 0.3) is 0 Å². The highest BCUT2D eigenvalue weighted by molar-refractivity contribution is 7.81. The number of thiol groups is 4. The molecule has 0 aliphatic carbocycles. The summed E-state index contributed by atoms with van der Waals surface area (Å²) in [7, 11) is 0. The lowest BCUT2D eigenvalue weighted by Crippen LogP contribution is -2.43. The van der Waals surface area contributed by atoms with Crippen LogP contribution < -0.4 is 0 Å². The molecule has 2 aromatic carbocycles. The maximum atomic E-state index is 5.85. The molecule has 0 saturated carbocycles. The Bertz CT molecular complexity index is 1260. The number of benzene rings is 2. The standard InChI is InChI=1S/C60H106S4/c1-3-5-7-9-19-25-31-38-54-42-46-56(47-43-54)58(40-37-53-63)60(50-34-28-22-16-12-14-18-24-30-36-52-62,59(64)41-33-27-21-15-11-13-17-23-29-35-51-61)57-48-44-55(45-49-57)39-32-26-20-10-8-6-4-2/h42-49,58-59,61-64H,3-41,50-53H2,1-2H3. The Hall–Kier alpha value is -0.160. The minimum atomic E-state index is -0.0100. The summed E-state index contributed by atoms with van der Waals surface area (Å²) in [5.74, 6) is 3.46. The minimum absolute atomic E-state index is 0.0100. The third-order valence-electron chi connectivity index (χ3n) is 14.8. The molecule has 0 bridgehead atoms. The van der Waals surface area contributed by atoms with E-state index < -0.39 is 0 Å². The summed E-state index contributed by atoms with van der Waals surface area (Å²) >= 11 is 19.5. The van der Waals surface area contributed by atoms with E-state index in [4.69, 9.17) is 25.3 Å². The highest BCUT2D eigenvalue weighted by Crippen LogP contribution is 2.51. The lowest BCUT2D eigenvalue weighted by Gasteiger charge is -2.47. The molecule has 0 nitrogen and oxygen atoms in total. The predicted molar refractivity (Wildman–Crippen MR) is 306 cm³/mol. The molecule has 0 aromatic heterocycles. The van der Waals surface area contributed by atoms with E-state index in [2.05, 4.69) is 87.6 Å². The molecular weight excluding hydrogens is 849 g/mol. The summed E-state index contributed by atoms with van der Waals surface area (Å²) in [4.78, 5) is 0. The van der Waals surface area contributed by atoms with Crippen molar-refractivity contribution in [1.82, 2.24) is 0 Å². The number of aryl methyl sites for hydroxylation is 2. The van der Waals surface area contributed by atoms with Crippen LogP contribution in [-0.2, 0) is 18.3 Å². The zero-order valence-electron chi connectivity index (χ0n) is 42.5. The highest BCUT2D eigenvalue weighted by Gasteiger charge is 2.45. The van der Waals surface area contributed by atoms with Crippen LogP contribution in [0, 0.1) is 0 Å². The van der Waals surface area contributed by atoms with Gasteiger partial charge in [0.05, 0.1) is 0 Å². The fourth-order valence-electron chi connectivity index (χ4n) is 10.7. The first-order valence-corrected chi connectivity index (χ1v) is 30.7. The van der Waals surface area contributed by atoms with Crippen LogP contribution in [0.2, 0.25) is 0 Å². The fourth-order valence-corrected chi connectivity index (χ4v) is 11.9. The van der Waals surface area contributed by atoms with Crippen molar-refractivity contribution >= 4 is 50.5 Å². The summed E-state index contributed by atoms with van der Waals surface area (Å²) in [5, 5.41) is 0.322. The van der Waals surface area contributed by atoms with Crippen molar-refractivity contribution in [2.24, 2.45) is 0 Å². The Morgan fingerprint density at radius 3 is 1.11 bits per heavy atom. The van der Waals surface area contributed by atoms with Crippen LogP contribution in [0.3, 0.4) is 0 Å². The van der Waals surface area contributed by atoms with Crippen LogP contribution >= 0.6 is 50.5 Å². The first-order chi connectivity index (χ1) is 31.6. The topological polar surface area (TPSA) is 0 Å². The molecule has 0 heterocycles. The van der Waals surface area contributed by atoms with E-state index in [9.17, 15) is 0 Å². The van der Waals surface area contributed by atoms with Crippen LogP contribution in [0.1, 0.15) is 286 Å². The fraction of sp³-hybridized carbons (Fsp3) is 0.800. The summed E-state index contributed by atoms with van der Waals surface area (Å²) < 4.78 is 0. The van der Waals surface area contributed by atoms with Gasteiger partial charge in [0, 0.05) is 10.7 Å². The molecule has 0 fully saturated rings. The third-order valence-corrected chi connectivity index (χ3v) is 16.4.